The topological polar surface area (TPSA) is 55.4 Å². The number of ether oxygens (including phenoxy) is 1. The van der Waals surface area contributed by atoms with Crippen molar-refractivity contribution in [2.45, 2.75) is 12.5 Å². The Morgan fingerprint density at radius 2 is 1.83 bits per heavy atom. The average molecular weight is 370 g/mol. The number of nitrogens with one attached hydrogen (secondary N) is 1. The molecule has 0 aliphatic carbocycles. The van der Waals surface area contributed by atoms with Gasteiger partial charge in [0.25, 0.3) is 5.91 Å². The van der Waals surface area contributed by atoms with Gasteiger partial charge in [0.05, 0.1) is 7.11 Å². The lowest BCUT2D eigenvalue weighted by Gasteiger charge is -2.17. The highest BCUT2D eigenvalue weighted by Gasteiger charge is 2.23. The molecule has 0 saturated carbocycles. The Kier molecular flexibility index (Phi) is 6.17. The maximum absolute atomic E-state index is 12.9. The molecule has 2 rings (SSSR count). The van der Waals surface area contributed by atoms with Gasteiger partial charge in [-0.2, -0.15) is 0 Å². The van der Waals surface area contributed by atoms with Gasteiger partial charge < -0.3 is 10.1 Å². The Labute approximate surface area is 148 Å². The maximum Gasteiger partial charge on any atom is 0.328 e. The third-order valence-corrected chi connectivity index (χ3v) is 3.92. The summed E-state index contributed by atoms with van der Waals surface area (Å²) >= 11 is 11.9. The van der Waals surface area contributed by atoms with Crippen molar-refractivity contribution in [2.24, 2.45) is 0 Å². The summed E-state index contributed by atoms with van der Waals surface area (Å²) in [5.74, 6) is -1.59. The Morgan fingerprint density at radius 1 is 1.17 bits per heavy atom. The predicted molar refractivity (Wildman–Crippen MR) is 89.8 cm³/mol. The molecule has 0 bridgehead atoms. The van der Waals surface area contributed by atoms with E-state index in [1.165, 1.54) is 19.2 Å². The molecule has 0 radical (unpaired) electrons. The van der Waals surface area contributed by atoms with E-state index < -0.39 is 23.7 Å². The monoisotopic (exact) mass is 369 g/mol. The fraction of sp³-hybridized carbons (Fsp3) is 0.176. The van der Waals surface area contributed by atoms with E-state index in [9.17, 15) is 14.0 Å². The number of halogens is 3. The van der Waals surface area contributed by atoms with Gasteiger partial charge in [0.1, 0.15) is 11.9 Å². The summed E-state index contributed by atoms with van der Waals surface area (Å²) in [6.45, 7) is 0. The number of hydrogen-bond acceptors (Lipinski definition) is 3. The van der Waals surface area contributed by atoms with Crippen LogP contribution in [0.3, 0.4) is 0 Å². The Hall–Kier alpha value is -2.11. The molecule has 4 nitrogen and oxygen atoms in total. The molecule has 0 aliphatic rings. The van der Waals surface area contributed by atoms with Crippen molar-refractivity contribution in [1.29, 1.82) is 0 Å². The summed E-state index contributed by atoms with van der Waals surface area (Å²) in [5, 5.41) is 3.41. The number of amides is 1. The molecule has 2 aromatic carbocycles. The van der Waals surface area contributed by atoms with Crippen molar-refractivity contribution in [2.75, 3.05) is 7.11 Å². The van der Waals surface area contributed by atoms with Crippen molar-refractivity contribution in [3.63, 3.8) is 0 Å². The number of benzene rings is 2. The summed E-state index contributed by atoms with van der Waals surface area (Å²) in [6, 6.07) is 8.91. The fourth-order valence-corrected chi connectivity index (χ4v) is 2.57. The lowest BCUT2D eigenvalue weighted by molar-refractivity contribution is -0.142. The third-order valence-electron chi connectivity index (χ3n) is 3.34. The second-order valence-corrected chi connectivity index (χ2v) is 5.84. The van der Waals surface area contributed by atoms with Gasteiger partial charge in [0.2, 0.25) is 0 Å². The molecule has 0 fully saturated rings. The van der Waals surface area contributed by atoms with Crippen LogP contribution in [0.4, 0.5) is 4.39 Å². The van der Waals surface area contributed by atoms with E-state index in [1.54, 1.807) is 18.2 Å². The van der Waals surface area contributed by atoms with Gasteiger partial charge in [-0.25, -0.2) is 9.18 Å². The summed E-state index contributed by atoms with van der Waals surface area (Å²) in [5.41, 5.74) is 0.864. The minimum Gasteiger partial charge on any atom is -0.467 e. The smallest absolute Gasteiger partial charge is 0.328 e. The first-order valence-corrected chi connectivity index (χ1v) is 7.74. The van der Waals surface area contributed by atoms with Gasteiger partial charge in [-0.1, -0.05) is 29.3 Å². The van der Waals surface area contributed by atoms with Crippen molar-refractivity contribution < 1.29 is 18.7 Å². The minimum absolute atomic E-state index is 0.135. The number of carbonyl (C=O) groups excluding carboxylic acids is 2. The van der Waals surface area contributed by atoms with E-state index in [0.29, 0.717) is 15.6 Å². The van der Waals surface area contributed by atoms with Crippen LogP contribution in [-0.4, -0.2) is 25.0 Å². The van der Waals surface area contributed by atoms with Gasteiger partial charge in [-0.15, -0.1) is 0 Å². The Balaban J connectivity index is 2.17. The number of rotatable bonds is 5. The van der Waals surface area contributed by atoms with Crippen LogP contribution in [0, 0.1) is 5.82 Å². The number of esters is 1. The largest absolute Gasteiger partial charge is 0.467 e. The fourth-order valence-electron chi connectivity index (χ4n) is 2.09. The quantitative estimate of drug-likeness (QED) is 0.818. The number of methoxy groups -OCH3 is 1. The Bertz CT molecular complexity index is 750. The van der Waals surface area contributed by atoms with Gasteiger partial charge in [-0.3, -0.25) is 4.79 Å². The van der Waals surface area contributed by atoms with Crippen molar-refractivity contribution in [3.8, 4) is 0 Å². The number of hydrogen-bond donors (Lipinski definition) is 1. The van der Waals surface area contributed by atoms with E-state index in [1.807, 2.05) is 0 Å². The zero-order chi connectivity index (χ0) is 17.7. The highest BCUT2D eigenvalue weighted by atomic mass is 35.5. The van der Waals surface area contributed by atoms with Crippen LogP contribution in [0.2, 0.25) is 10.0 Å². The molecule has 0 heterocycles. The van der Waals surface area contributed by atoms with Crippen LogP contribution >= 0.6 is 23.2 Å². The second kappa shape index (κ2) is 8.13. The molecule has 0 aliphatic heterocycles. The van der Waals surface area contributed by atoms with Crippen molar-refractivity contribution in [3.05, 3.63) is 69.5 Å². The molecule has 0 aromatic heterocycles. The van der Waals surface area contributed by atoms with Gasteiger partial charge in [0, 0.05) is 22.0 Å². The standard InChI is InChI=1S/C17H14Cl2FNO3/c1-24-17(23)15(8-11-2-5-12(18)9-14(11)19)21-16(22)10-3-6-13(20)7-4-10/h2-7,9,15H,8H2,1H3,(H,21,22)/t15-/m0/s1. The van der Waals surface area contributed by atoms with E-state index in [2.05, 4.69) is 5.32 Å². The molecule has 0 saturated heterocycles. The lowest BCUT2D eigenvalue weighted by Crippen LogP contribution is -2.43. The molecule has 1 atom stereocenters. The molecule has 2 aromatic rings. The second-order valence-electron chi connectivity index (χ2n) is 5.00. The maximum atomic E-state index is 12.9. The molecular formula is C17H14Cl2FNO3. The van der Waals surface area contributed by atoms with Crippen LogP contribution in [0.5, 0.6) is 0 Å². The first kappa shape index (κ1) is 18.2. The van der Waals surface area contributed by atoms with Crippen molar-refractivity contribution in [1.82, 2.24) is 5.32 Å². The summed E-state index contributed by atoms with van der Waals surface area (Å²) in [4.78, 5) is 24.2. The first-order valence-electron chi connectivity index (χ1n) is 6.99. The predicted octanol–water partition coefficient (Wildman–Crippen LogP) is 3.65. The molecule has 0 unspecified atom stereocenters. The lowest BCUT2D eigenvalue weighted by atomic mass is 10.1. The molecule has 7 heteroatoms. The van der Waals surface area contributed by atoms with E-state index in [4.69, 9.17) is 27.9 Å². The highest BCUT2D eigenvalue weighted by Crippen LogP contribution is 2.22. The van der Waals surface area contributed by atoms with Gasteiger partial charge >= 0.3 is 5.97 Å². The molecular weight excluding hydrogens is 356 g/mol. The van der Waals surface area contributed by atoms with Gasteiger partial charge in [0.15, 0.2) is 0 Å². The van der Waals surface area contributed by atoms with Crippen molar-refractivity contribution >= 4 is 35.1 Å². The molecule has 1 N–H and O–H groups in total. The van der Waals surface area contributed by atoms with Gasteiger partial charge in [-0.05, 0) is 42.0 Å². The minimum atomic E-state index is -0.939. The van der Waals surface area contributed by atoms with E-state index in [-0.39, 0.29) is 12.0 Å². The van der Waals surface area contributed by atoms with Crippen LogP contribution in [0.1, 0.15) is 15.9 Å². The average Bonchev–Trinajstić information content (AvgIpc) is 2.56. The Morgan fingerprint density at radius 3 is 2.42 bits per heavy atom. The number of carbonyl (C=O) groups is 2. The molecule has 0 spiro atoms. The van der Waals surface area contributed by atoms with Crippen LogP contribution in [0.15, 0.2) is 42.5 Å². The highest BCUT2D eigenvalue weighted by molar-refractivity contribution is 6.35. The normalized spacial score (nSPS) is 11.7. The zero-order valence-corrected chi connectivity index (χ0v) is 14.2. The zero-order valence-electron chi connectivity index (χ0n) is 12.7. The van der Waals surface area contributed by atoms with Crippen LogP contribution in [-0.2, 0) is 16.0 Å². The molecule has 1 amide bonds. The van der Waals surface area contributed by atoms with E-state index in [0.717, 1.165) is 12.1 Å². The third kappa shape index (κ3) is 4.69. The summed E-state index contributed by atoms with van der Waals surface area (Å²) in [6.07, 6.45) is 0.135. The first-order chi connectivity index (χ1) is 11.4. The van der Waals surface area contributed by atoms with Crippen LogP contribution < -0.4 is 5.32 Å². The van der Waals surface area contributed by atoms with Crippen LogP contribution in [0.25, 0.3) is 0 Å². The summed E-state index contributed by atoms with van der Waals surface area (Å²) < 4.78 is 17.6. The molecule has 24 heavy (non-hydrogen) atoms. The SMILES string of the molecule is COC(=O)[C@H](Cc1ccc(Cl)cc1Cl)NC(=O)c1ccc(F)cc1. The summed E-state index contributed by atoms with van der Waals surface area (Å²) in [7, 11) is 1.23. The van der Waals surface area contributed by atoms with E-state index >= 15 is 0 Å². The molecule has 126 valence electrons.